The average Bonchev–Trinajstić information content (AvgIpc) is 2.68. The van der Waals surface area contributed by atoms with Gasteiger partial charge in [-0.1, -0.05) is 17.7 Å². The van der Waals surface area contributed by atoms with E-state index in [-0.39, 0.29) is 18.2 Å². The molecular weight excluding hydrogens is 394 g/mol. The van der Waals surface area contributed by atoms with Gasteiger partial charge in [-0.05, 0) is 68.2 Å². The summed E-state index contributed by atoms with van der Waals surface area (Å²) in [5, 5.41) is 0.581. The van der Waals surface area contributed by atoms with E-state index >= 15 is 0 Å². The monoisotopic (exact) mass is 416 g/mol. The zero-order chi connectivity index (χ0) is 18.1. The quantitative estimate of drug-likeness (QED) is 0.511. The van der Waals surface area contributed by atoms with Gasteiger partial charge in [0.05, 0.1) is 29.3 Å². The van der Waals surface area contributed by atoms with E-state index < -0.39 is 18.3 Å². The molecule has 1 unspecified atom stereocenters. The van der Waals surface area contributed by atoms with Gasteiger partial charge in [-0.3, -0.25) is 4.79 Å². The summed E-state index contributed by atoms with van der Waals surface area (Å²) >= 11 is 9.62. The Morgan fingerprint density at radius 1 is 1.29 bits per heavy atom. The molecule has 0 radical (unpaired) electrons. The number of esters is 1. The van der Waals surface area contributed by atoms with Crippen LogP contribution >= 0.6 is 27.5 Å². The van der Waals surface area contributed by atoms with Crippen LogP contribution in [0.15, 0.2) is 22.7 Å². The lowest BCUT2D eigenvalue weighted by molar-refractivity contribution is -0.143. The summed E-state index contributed by atoms with van der Waals surface area (Å²) in [6, 6.07) is 5.62. The lowest BCUT2D eigenvalue weighted by atomic mass is 9.66. The summed E-state index contributed by atoms with van der Waals surface area (Å²) in [5.74, 6) is -0.577. The van der Waals surface area contributed by atoms with E-state index in [0.717, 1.165) is 10.0 Å². The Hall–Kier alpha value is -0.555. The van der Waals surface area contributed by atoms with Crippen molar-refractivity contribution in [3.05, 3.63) is 33.3 Å². The fourth-order valence-corrected chi connectivity index (χ4v) is 3.00. The molecule has 1 aliphatic rings. The minimum atomic E-state index is -0.545. The second-order valence-electron chi connectivity index (χ2n) is 6.91. The number of benzene rings is 1. The van der Waals surface area contributed by atoms with E-state index in [1.165, 1.54) is 0 Å². The molecule has 24 heavy (non-hydrogen) atoms. The first-order valence-electron chi connectivity index (χ1n) is 8.03. The van der Waals surface area contributed by atoms with Crippen LogP contribution in [-0.2, 0) is 18.8 Å². The normalized spacial score (nSPS) is 20.0. The molecule has 0 aromatic heterocycles. The van der Waals surface area contributed by atoms with Gasteiger partial charge in [0.25, 0.3) is 0 Å². The molecule has 1 fully saturated rings. The van der Waals surface area contributed by atoms with Crippen molar-refractivity contribution in [1.29, 1.82) is 0 Å². The van der Waals surface area contributed by atoms with Crippen LogP contribution in [0.1, 0.15) is 52.4 Å². The first kappa shape index (κ1) is 19.8. The van der Waals surface area contributed by atoms with E-state index in [1.54, 1.807) is 6.92 Å². The van der Waals surface area contributed by atoms with Gasteiger partial charge < -0.3 is 14.0 Å². The minimum Gasteiger partial charge on any atom is -0.466 e. The van der Waals surface area contributed by atoms with Crippen molar-refractivity contribution >= 4 is 40.6 Å². The van der Waals surface area contributed by atoms with Gasteiger partial charge in [0.15, 0.2) is 0 Å². The van der Waals surface area contributed by atoms with Crippen molar-refractivity contribution in [2.45, 2.75) is 58.1 Å². The Labute approximate surface area is 157 Å². The first-order valence-corrected chi connectivity index (χ1v) is 9.20. The van der Waals surface area contributed by atoms with E-state index in [4.69, 9.17) is 25.6 Å². The molecule has 1 aromatic rings. The third kappa shape index (κ3) is 4.16. The number of ether oxygens (including phenoxy) is 1. The first-order chi connectivity index (χ1) is 11.1. The Bertz CT molecular complexity index is 605. The fourth-order valence-electron chi connectivity index (χ4n) is 2.57. The number of carbonyl (C=O) groups excluding carboxylic acids is 1. The van der Waals surface area contributed by atoms with Crippen LogP contribution in [0.3, 0.4) is 0 Å². The molecule has 1 aliphatic heterocycles. The van der Waals surface area contributed by atoms with E-state index in [0.29, 0.717) is 11.6 Å². The van der Waals surface area contributed by atoms with E-state index in [2.05, 4.69) is 15.9 Å². The number of halogens is 2. The highest BCUT2D eigenvalue weighted by atomic mass is 79.9. The number of carbonyl (C=O) groups is 1. The van der Waals surface area contributed by atoms with Crippen molar-refractivity contribution < 1.29 is 18.8 Å². The van der Waals surface area contributed by atoms with Gasteiger partial charge in [-0.25, -0.2) is 0 Å². The van der Waals surface area contributed by atoms with Crippen molar-refractivity contribution in [3.8, 4) is 0 Å². The highest BCUT2D eigenvalue weighted by Crippen LogP contribution is 2.42. The summed E-state index contributed by atoms with van der Waals surface area (Å²) < 4.78 is 18.2. The zero-order valence-electron chi connectivity index (χ0n) is 14.7. The molecule has 0 saturated carbocycles. The summed E-state index contributed by atoms with van der Waals surface area (Å²) in [7, 11) is -0.545. The zero-order valence-corrected chi connectivity index (χ0v) is 17.0. The van der Waals surface area contributed by atoms with Crippen LogP contribution in [0.2, 0.25) is 5.02 Å². The van der Waals surface area contributed by atoms with Crippen molar-refractivity contribution in [1.82, 2.24) is 0 Å². The maximum Gasteiger partial charge on any atom is 0.466 e. The third-order valence-electron chi connectivity index (χ3n) is 4.66. The van der Waals surface area contributed by atoms with Gasteiger partial charge in [0.2, 0.25) is 0 Å². The molecule has 0 N–H and O–H groups in total. The van der Waals surface area contributed by atoms with Gasteiger partial charge >= 0.3 is 13.1 Å². The smallest absolute Gasteiger partial charge is 0.466 e. The second kappa shape index (κ2) is 7.36. The molecule has 1 heterocycles. The Morgan fingerprint density at radius 2 is 1.88 bits per heavy atom. The molecular formula is C17H23BBrClO4. The Balaban J connectivity index is 2.33. The van der Waals surface area contributed by atoms with Gasteiger partial charge in [-0.15, -0.1) is 0 Å². The van der Waals surface area contributed by atoms with Crippen molar-refractivity contribution in [3.63, 3.8) is 0 Å². The van der Waals surface area contributed by atoms with Crippen molar-refractivity contribution in [2.75, 3.05) is 6.61 Å². The van der Waals surface area contributed by atoms with Gasteiger partial charge in [0, 0.05) is 10.3 Å². The molecule has 1 saturated heterocycles. The molecule has 0 spiro atoms. The SMILES string of the molecule is CCOC(=O)CC(B1OC(C)(C)C(C)(C)O1)c1ccc(Br)c(Cl)c1. The van der Waals surface area contributed by atoms with E-state index in [9.17, 15) is 4.79 Å². The summed E-state index contributed by atoms with van der Waals surface area (Å²) in [6.45, 7) is 10.1. The average molecular weight is 418 g/mol. The number of hydrogen-bond acceptors (Lipinski definition) is 4. The fraction of sp³-hybridized carbons (Fsp3) is 0.588. The molecule has 0 aliphatic carbocycles. The van der Waals surface area contributed by atoms with Crippen LogP contribution in [0.5, 0.6) is 0 Å². The molecule has 0 amide bonds. The van der Waals surface area contributed by atoms with Crippen LogP contribution in [0, 0.1) is 0 Å². The van der Waals surface area contributed by atoms with Crippen molar-refractivity contribution in [2.24, 2.45) is 0 Å². The highest BCUT2D eigenvalue weighted by Gasteiger charge is 2.54. The highest BCUT2D eigenvalue weighted by molar-refractivity contribution is 9.10. The van der Waals surface area contributed by atoms with Crippen LogP contribution in [0.4, 0.5) is 0 Å². The molecule has 7 heteroatoms. The summed E-state index contributed by atoms with van der Waals surface area (Å²) in [4.78, 5) is 12.1. The van der Waals surface area contributed by atoms with Gasteiger partial charge in [0.1, 0.15) is 0 Å². The lowest BCUT2D eigenvalue weighted by Gasteiger charge is -2.32. The predicted molar refractivity (Wildman–Crippen MR) is 99.2 cm³/mol. The largest absolute Gasteiger partial charge is 0.466 e. The minimum absolute atomic E-state index is 0.169. The topological polar surface area (TPSA) is 44.8 Å². The molecule has 1 aromatic carbocycles. The predicted octanol–water partition coefficient (Wildman–Crippen LogP) is 4.77. The molecule has 0 bridgehead atoms. The third-order valence-corrected chi connectivity index (χ3v) is 5.90. The molecule has 132 valence electrons. The molecule has 4 nitrogen and oxygen atoms in total. The van der Waals surface area contributed by atoms with E-state index in [1.807, 2.05) is 45.9 Å². The second-order valence-corrected chi connectivity index (χ2v) is 8.18. The molecule has 2 rings (SSSR count). The maximum atomic E-state index is 12.1. The summed E-state index contributed by atoms with van der Waals surface area (Å²) in [6.07, 6.45) is 0.169. The molecule has 1 atom stereocenters. The van der Waals surface area contributed by atoms with Crippen LogP contribution in [0.25, 0.3) is 0 Å². The maximum absolute atomic E-state index is 12.1. The lowest BCUT2D eigenvalue weighted by Crippen LogP contribution is -2.41. The van der Waals surface area contributed by atoms with Crippen LogP contribution in [-0.4, -0.2) is 30.9 Å². The standard InChI is InChI=1S/C17H23BBrClO4/c1-6-22-15(21)10-12(11-7-8-13(19)14(20)9-11)18-23-16(2,3)17(4,5)24-18/h7-9,12H,6,10H2,1-5H3. The van der Waals surface area contributed by atoms with Gasteiger partial charge in [-0.2, -0.15) is 0 Å². The van der Waals surface area contributed by atoms with Crippen LogP contribution < -0.4 is 0 Å². The number of hydrogen-bond donors (Lipinski definition) is 0. The Kier molecular flexibility index (Phi) is 6.06. The Morgan fingerprint density at radius 3 is 2.38 bits per heavy atom. The number of rotatable bonds is 5. The summed E-state index contributed by atoms with van der Waals surface area (Å²) in [5.41, 5.74) is -0.0530.